The molecule has 0 N–H and O–H groups in total. The van der Waals surface area contributed by atoms with E-state index in [2.05, 4.69) is 4.98 Å². The van der Waals surface area contributed by atoms with Gasteiger partial charge in [-0.1, -0.05) is 11.6 Å². The molecule has 0 amide bonds. The van der Waals surface area contributed by atoms with Crippen LogP contribution in [-0.4, -0.2) is 19.1 Å². The van der Waals surface area contributed by atoms with Crippen molar-refractivity contribution in [3.05, 3.63) is 23.5 Å². The van der Waals surface area contributed by atoms with Gasteiger partial charge in [0.2, 0.25) is 0 Å². The molecule has 1 heterocycles. The lowest BCUT2D eigenvalue weighted by atomic mass is 10.4. The van der Waals surface area contributed by atoms with Crippen LogP contribution in [0.1, 0.15) is 0 Å². The Balaban J connectivity index is 3.03. The highest BCUT2D eigenvalue weighted by Gasteiger charge is 1.99. The van der Waals surface area contributed by atoms with Crippen LogP contribution in [0.25, 0.3) is 0 Å². The van der Waals surface area contributed by atoms with Crippen molar-refractivity contribution in [2.24, 2.45) is 0 Å². The zero-order valence-electron chi connectivity index (χ0n) is 6.00. The first-order chi connectivity index (χ1) is 4.72. The molecule has 0 aliphatic heterocycles. The van der Waals surface area contributed by atoms with E-state index in [0.29, 0.717) is 5.15 Å². The summed E-state index contributed by atoms with van der Waals surface area (Å²) in [5, 5.41) is 0.549. The molecule has 1 rings (SSSR count). The van der Waals surface area contributed by atoms with Crippen molar-refractivity contribution in [2.75, 3.05) is 19.0 Å². The fraction of sp³-hybridized carbons (Fsp3) is 0.286. The van der Waals surface area contributed by atoms with E-state index >= 15 is 0 Å². The van der Waals surface area contributed by atoms with Crippen LogP contribution in [0.5, 0.6) is 0 Å². The molecule has 0 bridgehead atoms. The van der Waals surface area contributed by atoms with Crippen LogP contribution in [-0.2, 0) is 0 Å². The van der Waals surface area contributed by atoms with Crippen molar-refractivity contribution in [2.45, 2.75) is 0 Å². The average Bonchev–Trinajstić information content (AvgIpc) is 1.88. The summed E-state index contributed by atoms with van der Waals surface area (Å²) in [6.45, 7) is 0. The molecule has 0 spiro atoms. The lowest BCUT2D eigenvalue weighted by Gasteiger charge is -2.12. The van der Waals surface area contributed by atoms with Crippen LogP contribution in [0.3, 0.4) is 0 Å². The standard InChI is InChI=1S/C7H9ClN2/c1-10(2)6-4-3-5-9-7(6)8/h3-5H,1-2H3. The van der Waals surface area contributed by atoms with E-state index in [1.54, 1.807) is 6.20 Å². The summed E-state index contributed by atoms with van der Waals surface area (Å²) >= 11 is 5.77. The first-order valence-corrected chi connectivity index (χ1v) is 3.37. The zero-order valence-corrected chi connectivity index (χ0v) is 6.76. The summed E-state index contributed by atoms with van der Waals surface area (Å²) in [5.41, 5.74) is 0.948. The second kappa shape index (κ2) is 2.88. The number of halogens is 1. The quantitative estimate of drug-likeness (QED) is 0.577. The predicted octanol–water partition coefficient (Wildman–Crippen LogP) is 1.80. The average molecular weight is 157 g/mol. The summed E-state index contributed by atoms with van der Waals surface area (Å²) in [4.78, 5) is 5.85. The van der Waals surface area contributed by atoms with Crippen molar-refractivity contribution < 1.29 is 0 Å². The topological polar surface area (TPSA) is 16.1 Å². The van der Waals surface area contributed by atoms with Crippen molar-refractivity contribution in [1.82, 2.24) is 4.98 Å². The third-order valence-corrected chi connectivity index (χ3v) is 1.51. The molecule has 0 aliphatic carbocycles. The summed E-state index contributed by atoms with van der Waals surface area (Å²) in [6, 6.07) is 3.79. The molecule has 10 heavy (non-hydrogen) atoms. The van der Waals surface area contributed by atoms with Gasteiger partial charge in [0.05, 0.1) is 5.69 Å². The molecule has 0 atom stereocenters. The van der Waals surface area contributed by atoms with Crippen LogP contribution < -0.4 is 4.90 Å². The number of aromatic nitrogens is 1. The van der Waals surface area contributed by atoms with Gasteiger partial charge in [0.1, 0.15) is 0 Å². The minimum absolute atomic E-state index is 0.549. The largest absolute Gasteiger partial charge is 0.375 e. The van der Waals surface area contributed by atoms with Gasteiger partial charge in [-0.2, -0.15) is 0 Å². The van der Waals surface area contributed by atoms with Gasteiger partial charge in [0.15, 0.2) is 5.15 Å². The Morgan fingerprint density at radius 1 is 1.50 bits per heavy atom. The molecule has 0 radical (unpaired) electrons. The number of hydrogen-bond acceptors (Lipinski definition) is 2. The fourth-order valence-electron chi connectivity index (χ4n) is 0.711. The van der Waals surface area contributed by atoms with Crippen LogP contribution in [0.4, 0.5) is 5.69 Å². The Bertz CT molecular complexity index is 223. The summed E-state index contributed by atoms with van der Waals surface area (Å²) in [6.07, 6.45) is 1.68. The van der Waals surface area contributed by atoms with Gasteiger partial charge in [-0.15, -0.1) is 0 Å². The first kappa shape index (κ1) is 7.35. The molecule has 0 aromatic carbocycles. The maximum atomic E-state index is 5.77. The maximum absolute atomic E-state index is 5.77. The normalized spacial score (nSPS) is 9.50. The van der Waals surface area contributed by atoms with Gasteiger partial charge in [-0.3, -0.25) is 0 Å². The third-order valence-electron chi connectivity index (χ3n) is 1.22. The lowest BCUT2D eigenvalue weighted by molar-refractivity contribution is 1.11. The van der Waals surface area contributed by atoms with E-state index in [9.17, 15) is 0 Å². The Morgan fingerprint density at radius 3 is 2.60 bits per heavy atom. The highest BCUT2D eigenvalue weighted by Crippen LogP contribution is 2.19. The van der Waals surface area contributed by atoms with Crippen LogP contribution in [0, 0.1) is 0 Å². The molecule has 1 aromatic heterocycles. The van der Waals surface area contributed by atoms with E-state index in [1.165, 1.54) is 0 Å². The second-order valence-electron chi connectivity index (χ2n) is 2.21. The summed E-state index contributed by atoms with van der Waals surface area (Å²) < 4.78 is 0. The molecule has 2 nitrogen and oxygen atoms in total. The van der Waals surface area contributed by atoms with Gasteiger partial charge in [-0.05, 0) is 12.1 Å². The van der Waals surface area contributed by atoms with E-state index in [4.69, 9.17) is 11.6 Å². The van der Waals surface area contributed by atoms with Gasteiger partial charge in [-0.25, -0.2) is 4.98 Å². The molecule has 0 saturated carbocycles. The Hall–Kier alpha value is -0.760. The Morgan fingerprint density at radius 2 is 2.20 bits per heavy atom. The number of pyridine rings is 1. The maximum Gasteiger partial charge on any atom is 0.152 e. The summed E-state index contributed by atoms with van der Waals surface area (Å²) in [7, 11) is 3.87. The SMILES string of the molecule is CN(C)c1cccnc1Cl. The number of rotatable bonds is 1. The zero-order chi connectivity index (χ0) is 7.56. The lowest BCUT2D eigenvalue weighted by Crippen LogP contribution is -2.09. The smallest absolute Gasteiger partial charge is 0.152 e. The van der Waals surface area contributed by atoms with Crippen LogP contribution in [0.2, 0.25) is 5.15 Å². The fourth-order valence-corrected chi connectivity index (χ4v) is 1.000. The minimum Gasteiger partial charge on any atom is -0.375 e. The second-order valence-corrected chi connectivity index (χ2v) is 2.57. The number of hydrogen-bond donors (Lipinski definition) is 0. The van der Waals surface area contributed by atoms with Gasteiger partial charge in [0.25, 0.3) is 0 Å². The van der Waals surface area contributed by atoms with Crippen molar-refractivity contribution in [3.63, 3.8) is 0 Å². The molecular weight excluding hydrogens is 148 g/mol. The van der Waals surface area contributed by atoms with E-state index in [1.807, 2.05) is 31.1 Å². The molecule has 1 aromatic rings. The molecule has 3 heteroatoms. The van der Waals surface area contributed by atoms with Crippen molar-refractivity contribution >= 4 is 17.3 Å². The molecular formula is C7H9ClN2. The number of nitrogens with zero attached hydrogens (tertiary/aromatic N) is 2. The van der Waals surface area contributed by atoms with E-state index in [-0.39, 0.29) is 0 Å². The van der Waals surface area contributed by atoms with Crippen molar-refractivity contribution in [1.29, 1.82) is 0 Å². The first-order valence-electron chi connectivity index (χ1n) is 2.99. The van der Waals surface area contributed by atoms with E-state index in [0.717, 1.165) is 5.69 Å². The van der Waals surface area contributed by atoms with Gasteiger partial charge >= 0.3 is 0 Å². The van der Waals surface area contributed by atoms with Crippen LogP contribution >= 0.6 is 11.6 Å². The van der Waals surface area contributed by atoms with Crippen LogP contribution in [0.15, 0.2) is 18.3 Å². The predicted molar refractivity (Wildman–Crippen MR) is 43.6 cm³/mol. The van der Waals surface area contributed by atoms with E-state index < -0.39 is 0 Å². The van der Waals surface area contributed by atoms with Gasteiger partial charge in [0, 0.05) is 20.3 Å². The minimum atomic E-state index is 0.549. The Labute approximate surface area is 65.4 Å². The third kappa shape index (κ3) is 1.39. The Kier molecular flexibility index (Phi) is 2.12. The highest BCUT2D eigenvalue weighted by molar-refractivity contribution is 6.31. The molecule has 0 aliphatic rings. The monoisotopic (exact) mass is 156 g/mol. The molecule has 0 saturated heterocycles. The molecule has 0 fully saturated rings. The van der Waals surface area contributed by atoms with Gasteiger partial charge < -0.3 is 4.90 Å². The number of anilines is 1. The molecule has 0 unspecified atom stereocenters. The molecule has 54 valence electrons. The highest BCUT2D eigenvalue weighted by atomic mass is 35.5. The van der Waals surface area contributed by atoms with Crippen molar-refractivity contribution in [3.8, 4) is 0 Å². The summed E-state index contributed by atoms with van der Waals surface area (Å²) in [5.74, 6) is 0.